The topological polar surface area (TPSA) is 3.24 Å². The maximum absolute atomic E-state index is 5.90. The summed E-state index contributed by atoms with van der Waals surface area (Å²) in [6, 6.07) is 6.28. The molecule has 1 aromatic rings. The van der Waals surface area contributed by atoms with Gasteiger partial charge in [-0.1, -0.05) is 11.6 Å². The van der Waals surface area contributed by atoms with E-state index < -0.39 is 0 Å². The van der Waals surface area contributed by atoms with Crippen LogP contribution in [0.2, 0.25) is 5.02 Å². The summed E-state index contributed by atoms with van der Waals surface area (Å²) < 4.78 is 0. The minimum Gasteiger partial charge on any atom is -0.372 e. The summed E-state index contributed by atoms with van der Waals surface area (Å²) in [5.41, 5.74) is 2.23. The normalized spacial score (nSPS) is 10.7. The Morgan fingerprint density at radius 2 is 2.00 bits per heavy atom. The van der Waals surface area contributed by atoms with Crippen molar-refractivity contribution in [2.24, 2.45) is 0 Å². The maximum atomic E-state index is 5.90. The quantitative estimate of drug-likeness (QED) is 0.714. The molecule has 78 valence electrons. The average molecular weight is 232 g/mol. The Hall–Kier alpha value is -0.400. The molecular weight excluding hydrogens is 217 g/mol. The fraction of sp³-hybridized carbons (Fsp3) is 0.455. The van der Waals surface area contributed by atoms with E-state index in [1.807, 2.05) is 18.2 Å². The molecule has 0 amide bonds. The molecule has 0 heterocycles. The van der Waals surface area contributed by atoms with Crippen molar-refractivity contribution in [3.05, 3.63) is 28.8 Å². The molecule has 0 radical (unpaired) electrons. The van der Waals surface area contributed by atoms with Gasteiger partial charge in [0.15, 0.2) is 0 Å². The predicted molar refractivity (Wildman–Crippen MR) is 64.5 cm³/mol. The summed E-state index contributed by atoms with van der Waals surface area (Å²) in [5, 5.41) is 0.738. The monoisotopic (exact) mass is 231 g/mol. The molecular formula is C11H15Cl2N. The van der Waals surface area contributed by atoms with Gasteiger partial charge >= 0.3 is 0 Å². The summed E-state index contributed by atoms with van der Waals surface area (Å²) in [6.07, 6.45) is 0. The van der Waals surface area contributed by atoms with Crippen LogP contribution >= 0.6 is 23.2 Å². The number of anilines is 1. The van der Waals surface area contributed by atoms with Crippen molar-refractivity contribution in [3.63, 3.8) is 0 Å². The first-order valence-electron chi connectivity index (χ1n) is 4.63. The van der Waals surface area contributed by atoms with Crippen molar-refractivity contribution in [2.45, 2.75) is 25.8 Å². The van der Waals surface area contributed by atoms with Crippen LogP contribution in [-0.4, -0.2) is 13.1 Å². The standard InChI is InChI=1S/C11H15Cl2N/c1-8(2)14(3)11-5-4-10(13)6-9(11)7-12/h4-6,8H,7H2,1-3H3. The SMILES string of the molecule is CC(C)N(C)c1ccc(Cl)cc1CCl. The van der Waals surface area contributed by atoms with Gasteiger partial charge in [0, 0.05) is 29.7 Å². The maximum Gasteiger partial charge on any atom is 0.0495 e. The summed E-state index contributed by atoms with van der Waals surface area (Å²) in [6.45, 7) is 4.29. The number of rotatable bonds is 3. The molecule has 0 aliphatic rings. The van der Waals surface area contributed by atoms with E-state index in [1.165, 1.54) is 0 Å². The number of halogens is 2. The van der Waals surface area contributed by atoms with Gasteiger partial charge < -0.3 is 4.90 Å². The minimum absolute atomic E-state index is 0.457. The molecule has 1 nitrogen and oxygen atoms in total. The molecule has 0 N–H and O–H groups in total. The molecule has 0 atom stereocenters. The zero-order valence-corrected chi connectivity index (χ0v) is 10.2. The number of hydrogen-bond donors (Lipinski definition) is 0. The first-order valence-corrected chi connectivity index (χ1v) is 5.54. The van der Waals surface area contributed by atoms with Crippen molar-refractivity contribution in [1.29, 1.82) is 0 Å². The highest BCUT2D eigenvalue weighted by Gasteiger charge is 2.09. The van der Waals surface area contributed by atoms with Crippen LogP contribution in [-0.2, 0) is 5.88 Å². The van der Waals surface area contributed by atoms with E-state index in [1.54, 1.807) is 0 Å². The van der Waals surface area contributed by atoms with Crippen LogP contribution in [0.15, 0.2) is 18.2 Å². The largest absolute Gasteiger partial charge is 0.372 e. The summed E-state index contributed by atoms with van der Waals surface area (Å²) in [4.78, 5) is 2.19. The first kappa shape index (κ1) is 11.7. The van der Waals surface area contributed by atoms with E-state index in [0.29, 0.717) is 11.9 Å². The molecule has 0 saturated heterocycles. The fourth-order valence-corrected chi connectivity index (χ4v) is 1.69. The number of hydrogen-bond acceptors (Lipinski definition) is 1. The van der Waals surface area contributed by atoms with Crippen molar-refractivity contribution in [2.75, 3.05) is 11.9 Å². The lowest BCUT2D eigenvalue weighted by molar-refractivity contribution is 0.752. The molecule has 1 rings (SSSR count). The van der Waals surface area contributed by atoms with Crippen LogP contribution in [0.3, 0.4) is 0 Å². The Morgan fingerprint density at radius 3 is 2.50 bits per heavy atom. The summed E-state index contributed by atoms with van der Waals surface area (Å²) in [5.74, 6) is 0.493. The lowest BCUT2D eigenvalue weighted by Crippen LogP contribution is -2.26. The van der Waals surface area contributed by atoms with Crippen molar-refractivity contribution in [1.82, 2.24) is 0 Å². The van der Waals surface area contributed by atoms with Gasteiger partial charge in [-0.05, 0) is 37.6 Å². The second-order valence-corrected chi connectivity index (χ2v) is 4.32. The zero-order valence-electron chi connectivity index (χ0n) is 8.72. The minimum atomic E-state index is 0.457. The Balaban J connectivity index is 3.07. The highest BCUT2D eigenvalue weighted by Crippen LogP contribution is 2.26. The number of nitrogens with zero attached hydrogens (tertiary/aromatic N) is 1. The number of benzene rings is 1. The van der Waals surface area contributed by atoms with Gasteiger partial charge in [-0.15, -0.1) is 11.6 Å². The van der Waals surface area contributed by atoms with Crippen molar-refractivity contribution in [3.8, 4) is 0 Å². The van der Waals surface area contributed by atoms with Gasteiger partial charge in [-0.3, -0.25) is 0 Å². The number of alkyl halides is 1. The van der Waals surface area contributed by atoms with E-state index in [4.69, 9.17) is 23.2 Å². The molecule has 14 heavy (non-hydrogen) atoms. The van der Waals surface area contributed by atoms with Crippen LogP contribution in [0.4, 0.5) is 5.69 Å². The fourth-order valence-electron chi connectivity index (χ4n) is 1.28. The molecule has 0 unspecified atom stereocenters. The van der Waals surface area contributed by atoms with E-state index >= 15 is 0 Å². The predicted octanol–water partition coefficient (Wildman–Crippen LogP) is 3.92. The van der Waals surface area contributed by atoms with Crippen LogP contribution in [0.25, 0.3) is 0 Å². The molecule has 0 saturated carbocycles. The lowest BCUT2D eigenvalue weighted by Gasteiger charge is -2.26. The van der Waals surface area contributed by atoms with E-state index in [9.17, 15) is 0 Å². The van der Waals surface area contributed by atoms with Gasteiger partial charge in [-0.25, -0.2) is 0 Å². The second-order valence-electron chi connectivity index (χ2n) is 3.61. The Kier molecular flexibility index (Phi) is 4.09. The summed E-state index contributed by atoms with van der Waals surface area (Å²) >= 11 is 11.8. The van der Waals surface area contributed by atoms with E-state index in [-0.39, 0.29) is 0 Å². The van der Waals surface area contributed by atoms with Crippen molar-refractivity contribution >= 4 is 28.9 Å². The Morgan fingerprint density at radius 1 is 1.36 bits per heavy atom. The molecule has 3 heteroatoms. The van der Waals surface area contributed by atoms with Crippen molar-refractivity contribution < 1.29 is 0 Å². The second kappa shape index (κ2) is 4.90. The lowest BCUT2D eigenvalue weighted by atomic mass is 10.1. The van der Waals surface area contributed by atoms with Gasteiger partial charge in [0.25, 0.3) is 0 Å². The third-order valence-corrected chi connectivity index (χ3v) is 2.86. The average Bonchev–Trinajstić information content (AvgIpc) is 2.16. The zero-order chi connectivity index (χ0) is 10.7. The van der Waals surface area contributed by atoms with Gasteiger partial charge in [-0.2, -0.15) is 0 Å². The Labute approximate surface area is 95.6 Å². The Bertz CT molecular complexity index is 310. The molecule has 0 aliphatic heterocycles. The van der Waals surface area contributed by atoms with Gasteiger partial charge in [0.1, 0.15) is 0 Å². The molecule has 0 fully saturated rings. The molecule has 0 aromatic heterocycles. The highest BCUT2D eigenvalue weighted by molar-refractivity contribution is 6.30. The van der Waals surface area contributed by atoms with E-state index in [0.717, 1.165) is 16.3 Å². The van der Waals surface area contributed by atoms with Gasteiger partial charge in [0.2, 0.25) is 0 Å². The van der Waals surface area contributed by atoms with Crippen LogP contribution in [0.1, 0.15) is 19.4 Å². The van der Waals surface area contributed by atoms with Crippen LogP contribution in [0.5, 0.6) is 0 Å². The van der Waals surface area contributed by atoms with Crippen LogP contribution < -0.4 is 4.90 Å². The van der Waals surface area contributed by atoms with Crippen LogP contribution in [0, 0.1) is 0 Å². The molecule has 0 aliphatic carbocycles. The first-order chi connectivity index (χ1) is 6.56. The van der Waals surface area contributed by atoms with E-state index in [2.05, 4.69) is 25.8 Å². The third-order valence-electron chi connectivity index (χ3n) is 2.34. The third kappa shape index (κ3) is 2.55. The smallest absolute Gasteiger partial charge is 0.0495 e. The van der Waals surface area contributed by atoms with Gasteiger partial charge in [0.05, 0.1) is 0 Å². The highest BCUT2D eigenvalue weighted by atomic mass is 35.5. The molecule has 0 bridgehead atoms. The molecule has 1 aromatic carbocycles. The molecule has 0 spiro atoms. The summed E-state index contributed by atoms with van der Waals surface area (Å²) in [7, 11) is 2.06.